The first-order valence-electron chi connectivity index (χ1n) is 4.27. The standard InChI is InChI=1S/C10H13NO2/c1-4-10(2,3)11-6-5-8(12)7-9(11)13/h1H,5-7H2,2-3H3. The van der Waals surface area contributed by atoms with Crippen LogP contribution in [0.4, 0.5) is 0 Å². The van der Waals surface area contributed by atoms with Crippen molar-refractivity contribution in [3.8, 4) is 12.3 Å². The van der Waals surface area contributed by atoms with Gasteiger partial charge in [-0.3, -0.25) is 9.59 Å². The largest absolute Gasteiger partial charge is 0.326 e. The summed E-state index contributed by atoms with van der Waals surface area (Å²) >= 11 is 0. The van der Waals surface area contributed by atoms with Gasteiger partial charge in [0.2, 0.25) is 5.91 Å². The lowest BCUT2D eigenvalue weighted by Crippen LogP contribution is -2.50. The van der Waals surface area contributed by atoms with E-state index in [2.05, 4.69) is 5.92 Å². The molecule has 0 aromatic heterocycles. The summed E-state index contributed by atoms with van der Waals surface area (Å²) < 4.78 is 0. The van der Waals surface area contributed by atoms with Crippen molar-refractivity contribution in [1.82, 2.24) is 4.90 Å². The fraction of sp³-hybridized carbons (Fsp3) is 0.600. The van der Waals surface area contributed by atoms with E-state index in [1.54, 1.807) is 18.7 Å². The lowest BCUT2D eigenvalue weighted by molar-refractivity contribution is -0.142. The highest BCUT2D eigenvalue weighted by Crippen LogP contribution is 2.19. The maximum absolute atomic E-state index is 11.4. The van der Waals surface area contributed by atoms with Crippen LogP contribution in [0.1, 0.15) is 26.7 Å². The van der Waals surface area contributed by atoms with Crippen molar-refractivity contribution >= 4 is 11.7 Å². The fourth-order valence-corrected chi connectivity index (χ4v) is 1.38. The molecule has 3 nitrogen and oxygen atoms in total. The lowest BCUT2D eigenvalue weighted by atomic mass is 9.99. The molecule has 1 fully saturated rings. The van der Waals surface area contributed by atoms with Crippen LogP contribution in [-0.4, -0.2) is 28.7 Å². The van der Waals surface area contributed by atoms with Crippen LogP contribution in [0, 0.1) is 12.3 Å². The maximum atomic E-state index is 11.4. The molecular formula is C10H13NO2. The Bertz CT molecular complexity index is 286. The summed E-state index contributed by atoms with van der Waals surface area (Å²) in [6.45, 7) is 4.07. The SMILES string of the molecule is C#CC(C)(C)N1CCC(=O)CC1=O. The number of carbonyl (C=O) groups is 2. The predicted octanol–water partition coefficient (Wildman–Crippen LogP) is 0.590. The fourth-order valence-electron chi connectivity index (χ4n) is 1.38. The smallest absolute Gasteiger partial charge is 0.231 e. The number of rotatable bonds is 1. The summed E-state index contributed by atoms with van der Waals surface area (Å²) in [4.78, 5) is 23.9. The van der Waals surface area contributed by atoms with E-state index in [0.29, 0.717) is 13.0 Å². The summed E-state index contributed by atoms with van der Waals surface area (Å²) in [6, 6.07) is 0. The second kappa shape index (κ2) is 3.21. The molecule has 0 bridgehead atoms. The molecule has 0 aliphatic carbocycles. The lowest BCUT2D eigenvalue weighted by Gasteiger charge is -2.36. The third-order valence-electron chi connectivity index (χ3n) is 2.29. The number of Topliss-reactive ketones (excluding diaryl/α,β-unsaturated/α-hetero) is 1. The maximum Gasteiger partial charge on any atom is 0.231 e. The molecule has 1 aliphatic rings. The summed E-state index contributed by atoms with van der Waals surface area (Å²) in [5, 5.41) is 0. The highest BCUT2D eigenvalue weighted by Gasteiger charge is 2.33. The zero-order chi connectivity index (χ0) is 10.1. The average molecular weight is 179 g/mol. The number of amides is 1. The first kappa shape index (κ1) is 9.79. The van der Waals surface area contributed by atoms with Gasteiger partial charge in [-0.05, 0) is 13.8 Å². The number of likely N-dealkylation sites (tertiary alicyclic amines) is 1. The third-order valence-corrected chi connectivity index (χ3v) is 2.29. The van der Waals surface area contributed by atoms with Crippen molar-refractivity contribution in [2.24, 2.45) is 0 Å². The van der Waals surface area contributed by atoms with Gasteiger partial charge in [0.15, 0.2) is 0 Å². The molecule has 13 heavy (non-hydrogen) atoms. The van der Waals surface area contributed by atoms with Gasteiger partial charge in [-0.25, -0.2) is 0 Å². The van der Waals surface area contributed by atoms with Gasteiger partial charge in [0.1, 0.15) is 5.78 Å². The zero-order valence-corrected chi connectivity index (χ0v) is 7.96. The summed E-state index contributed by atoms with van der Waals surface area (Å²) in [7, 11) is 0. The molecular weight excluding hydrogens is 166 g/mol. The number of hydrogen-bond acceptors (Lipinski definition) is 2. The minimum atomic E-state index is -0.572. The van der Waals surface area contributed by atoms with Crippen molar-refractivity contribution in [2.45, 2.75) is 32.2 Å². The van der Waals surface area contributed by atoms with E-state index >= 15 is 0 Å². The van der Waals surface area contributed by atoms with Crippen LogP contribution in [0.2, 0.25) is 0 Å². The van der Waals surface area contributed by atoms with Gasteiger partial charge in [-0.1, -0.05) is 5.92 Å². The quantitative estimate of drug-likeness (QED) is 0.436. The predicted molar refractivity (Wildman–Crippen MR) is 48.9 cm³/mol. The van der Waals surface area contributed by atoms with Crippen LogP contribution < -0.4 is 0 Å². The summed E-state index contributed by atoms with van der Waals surface area (Å²) in [6.07, 6.45) is 5.74. The van der Waals surface area contributed by atoms with Gasteiger partial charge in [0.25, 0.3) is 0 Å². The van der Waals surface area contributed by atoms with E-state index in [0.717, 1.165) is 0 Å². The van der Waals surface area contributed by atoms with Crippen LogP contribution in [-0.2, 0) is 9.59 Å². The Hall–Kier alpha value is -1.30. The molecule has 0 unspecified atom stereocenters. The molecule has 0 saturated carbocycles. The van der Waals surface area contributed by atoms with Crippen molar-refractivity contribution in [3.63, 3.8) is 0 Å². The third kappa shape index (κ3) is 1.89. The van der Waals surface area contributed by atoms with Gasteiger partial charge >= 0.3 is 0 Å². The van der Waals surface area contributed by atoms with E-state index in [-0.39, 0.29) is 18.1 Å². The Morgan fingerprint density at radius 2 is 2.08 bits per heavy atom. The first-order valence-corrected chi connectivity index (χ1v) is 4.27. The van der Waals surface area contributed by atoms with Crippen LogP contribution in [0.15, 0.2) is 0 Å². The number of carbonyl (C=O) groups excluding carboxylic acids is 2. The minimum absolute atomic E-state index is 0.00507. The Morgan fingerprint density at radius 3 is 2.54 bits per heavy atom. The molecule has 1 heterocycles. The number of terminal acetylenes is 1. The minimum Gasteiger partial charge on any atom is -0.326 e. The number of piperidine rings is 1. The Morgan fingerprint density at radius 1 is 1.46 bits per heavy atom. The normalized spacial score (nSPS) is 18.7. The van der Waals surface area contributed by atoms with Crippen molar-refractivity contribution in [3.05, 3.63) is 0 Å². The molecule has 1 amide bonds. The summed E-state index contributed by atoms with van der Waals surface area (Å²) in [5.41, 5.74) is -0.572. The van der Waals surface area contributed by atoms with E-state index in [1.807, 2.05) is 0 Å². The van der Waals surface area contributed by atoms with E-state index in [4.69, 9.17) is 6.42 Å². The Kier molecular flexibility index (Phi) is 2.42. The highest BCUT2D eigenvalue weighted by molar-refractivity contribution is 6.00. The molecule has 0 N–H and O–H groups in total. The highest BCUT2D eigenvalue weighted by atomic mass is 16.2. The van der Waals surface area contributed by atoms with Gasteiger partial charge in [0, 0.05) is 13.0 Å². The van der Waals surface area contributed by atoms with E-state index in [1.165, 1.54) is 0 Å². The second-order valence-electron chi connectivity index (χ2n) is 3.71. The van der Waals surface area contributed by atoms with E-state index < -0.39 is 5.54 Å². The van der Waals surface area contributed by atoms with Crippen molar-refractivity contribution < 1.29 is 9.59 Å². The Labute approximate surface area is 78.1 Å². The molecule has 0 radical (unpaired) electrons. The van der Waals surface area contributed by atoms with Gasteiger partial charge in [-0.15, -0.1) is 6.42 Å². The molecule has 0 spiro atoms. The molecule has 0 atom stereocenters. The van der Waals surface area contributed by atoms with Crippen LogP contribution in [0.25, 0.3) is 0 Å². The Balaban J connectivity index is 2.79. The van der Waals surface area contributed by atoms with E-state index in [9.17, 15) is 9.59 Å². The molecule has 3 heteroatoms. The van der Waals surface area contributed by atoms with Crippen LogP contribution in [0.5, 0.6) is 0 Å². The van der Waals surface area contributed by atoms with Gasteiger partial charge in [-0.2, -0.15) is 0 Å². The van der Waals surface area contributed by atoms with Gasteiger partial charge in [0.05, 0.1) is 12.0 Å². The molecule has 70 valence electrons. The van der Waals surface area contributed by atoms with Crippen LogP contribution >= 0.6 is 0 Å². The first-order chi connectivity index (χ1) is 5.97. The van der Waals surface area contributed by atoms with Gasteiger partial charge < -0.3 is 4.90 Å². The molecule has 1 rings (SSSR count). The van der Waals surface area contributed by atoms with Crippen molar-refractivity contribution in [2.75, 3.05) is 6.54 Å². The average Bonchev–Trinajstić information content (AvgIpc) is 2.03. The van der Waals surface area contributed by atoms with Crippen LogP contribution in [0.3, 0.4) is 0 Å². The number of hydrogen-bond donors (Lipinski definition) is 0. The molecule has 1 aliphatic heterocycles. The topological polar surface area (TPSA) is 37.4 Å². The second-order valence-corrected chi connectivity index (χ2v) is 3.71. The molecule has 0 aromatic carbocycles. The molecule has 1 saturated heterocycles. The monoisotopic (exact) mass is 179 g/mol. The van der Waals surface area contributed by atoms with Crippen molar-refractivity contribution in [1.29, 1.82) is 0 Å². The summed E-state index contributed by atoms with van der Waals surface area (Å²) in [5.74, 6) is 2.40. The zero-order valence-electron chi connectivity index (χ0n) is 7.96. The number of ketones is 1. The molecule has 0 aromatic rings. The number of nitrogens with zero attached hydrogens (tertiary/aromatic N) is 1.